The lowest BCUT2D eigenvalue weighted by Crippen LogP contribution is -2.26. The van der Waals surface area contributed by atoms with Gasteiger partial charge in [-0.15, -0.1) is 0 Å². The molecule has 1 amide bonds. The Hall–Kier alpha value is -1.97. The number of amides is 1. The molecule has 0 bridgehead atoms. The fraction of sp³-hybridized carbons (Fsp3) is 0.438. The number of nitrogens with one attached hydrogen (secondary N) is 2. The number of carbonyl (C=O) groups is 1. The SMILES string of the molecule is O=C(NC1CC1)c1cccc(NCC2CCC=CO2)c1. The topological polar surface area (TPSA) is 50.4 Å². The maximum absolute atomic E-state index is 12.0. The number of anilines is 1. The van der Waals surface area contributed by atoms with Crippen molar-refractivity contribution in [2.75, 3.05) is 11.9 Å². The van der Waals surface area contributed by atoms with Crippen molar-refractivity contribution in [1.29, 1.82) is 0 Å². The predicted octanol–water partition coefficient (Wildman–Crippen LogP) is 2.68. The molecule has 1 unspecified atom stereocenters. The van der Waals surface area contributed by atoms with E-state index >= 15 is 0 Å². The minimum atomic E-state index is 0.0213. The zero-order valence-corrected chi connectivity index (χ0v) is 11.5. The Morgan fingerprint density at radius 1 is 1.30 bits per heavy atom. The number of ether oxygens (including phenoxy) is 1. The van der Waals surface area contributed by atoms with E-state index in [9.17, 15) is 4.79 Å². The van der Waals surface area contributed by atoms with E-state index in [1.165, 1.54) is 0 Å². The Labute approximate surface area is 119 Å². The van der Waals surface area contributed by atoms with Crippen molar-refractivity contribution in [3.63, 3.8) is 0 Å². The predicted molar refractivity (Wildman–Crippen MR) is 78.7 cm³/mol. The van der Waals surface area contributed by atoms with Crippen LogP contribution in [0, 0.1) is 0 Å². The molecule has 1 aliphatic heterocycles. The highest BCUT2D eigenvalue weighted by molar-refractivity contribution is 5.95. The van der Waals surface area contributed by atoms with E-state index in [1.807, 2.05) is 30.3 Å². The van der Waals surface area contributed by atoms with E-state index in [4.69, 9.17) is 4.74 Å². The summed E-state index contributed by atoms with van der Waals surface area (Å²) < 4.78 is 5.52. The van der Waals surface area contributed by atoms with Gasteiger partial charge in [0.25, 0.3) is 5.91 Å². The van der Waals surface area contributed by atoms with Crippen LogP contribution in [-0.2, 0) is 4.74 Å². The van der Waals surface area contributed by atoms with E-state index in [1.54, 1.807) is 6.26 Å². The van der Waals surface area contributed by atoms with E-state index < -0.39 is 0 Å². The van der Waals surface area contributed by atoms with Crippen molar-refractivity contribution < 1.29 is 9.53 Å². The molecule has 1 heterocycles. The molecule has 106 valence electrons. The monoisotopic (exact) mass is 272 g/mol. The smallest absolute Gasteiger partial charge is 0.251 e. The van der Waals surface area contributed by atoms with E-state index in [0.29, 0.717) is 11.6 Å². The second kappa shape index (κ2) is 5.99. The zero-order chi connectivity index (χ0) is 13.8. The van der Waals surface area contributed by atoms with Gasteiger partial charge in [-0.25, -0.2) is 0 Å². The molecule has 0 spiro atoms. The summed E-state index contributed by atoms with van der Waals surface area (Å²) in [6, 6.07) is 8.03. The summed E-state index contributed by atoms with van der Waals surface area (Å²) in [6.45, 7) is 0.762. The molecule has 4 heteroatoms. The van der Waals surface area contributed by atoms with E-state index in [-0.39, 0.29) is 12.0 Å². The van der Waals surface area contributed by atoms with Crippen LogP contribution in [0.2, 0.25) is 0 Å². The first-order valence-corrected chi connectivity index (χ1v) is 7.26. The Bertz CT molecular complexity index is 509. The van der Waals surface area contributed by atoms with Crippen LogP contribution in [-0.4, -0.2) is 24.6 Å². The summed E-state index contributed by atoms with van der Waals surface area (Å²) in [5.41, 5.74) is 1.68. The first kappa shape index (κ1) is 13.0. The summed E-state index contributed by atoms with van der Waals surface area (Å²) in [5, 5.41) is 6.34. The van der Waals surface area contributed by atoms with Gasteiger partial charge in [0.05, 0.1) is 12.8 Å². The Morgan fingerprint density at radius 3 is 2.95 bits per heavy atom. The van der Waals surface area contributed by atoms with Gasteiger partial charge in [0.2, 0.25) is 0 Å². The van der Waals surface area contributed by atoms with Crippen LogP contribution in [0.5, 0.6) is 0 Å². The molecule has 2 aliphatic rings. The van der Waals surface area contributed by atoms with Crippen LogP contribution in [0.15, 0.2) is 36.6 Å². The standard InChI is InChI=1S/C16H20N2O2/c19-16(18-13-7-8-13)12-4-3-5-14(10-12)17-11-15-6-1-2-9-20-15/h2-5,9-10,13,15,17H,1,6-8,11H2,(H,18,19). The van der Waals surface area contributed by atoms with Gasteiger partial charge in [0.1, 0.15) is 6.10 Å². The van der Waals surface area contributed by atoms with Gasteiger partial charge in [0, 0.05) is 17.3 Å². The number of allylic oxidation sites excluding steroid dienone is 1. The van der Waals surface area contributed by atoms with Crippen LogP contribution in [0.4, 0.5) is 5.69 Å². The molecule has 20 heavy (non-hydrogen) atoms. The van der Waals surface area contributed by atoms with Crippen LogP contribution in [0.1, 0.15) is 36.0 Å². The highest BCUT2D eigenvalue weighted by atomic mass is 16.5. The molecule has 1 fully saturated rings. The maximum Gasteiger partial charge on any atom is 0.251 e. The average Bonchev–Trinajstić information content (AvgIpc) is 3.30. The second-order valence-corrected chi connectivity index (χ2v) is 5.42. The van der Waals surface area contributed by atoms with Crippen molar-refractivity contribution in [2.45, 2.75) is 37.8 Å². The minimum absolute atomic E-state index is 0.0213. The quantitative estimate of drug-likeness (QED) is 0.866. The number of rotatable bonds is 5. The lowest BCUT2D eigenvalue weighted by molar-refractivity contribution is 0.0951. The third-order valence-electron chi connectivity index (χ3n) is 3.59. The summed E-state index contributed by atoms with van der Waals surface area (Å²) in [7, 11) is 0. The first-order chi connectivity index (χ1) is 9.81. The summed E-state index contributed by atoms with van der Waals surface area (Å²) >= 11 is 0. The second-order valence-electron chi connectivity index (χ2n) is 5.42. The zero-order valence-electron chi connectivity index (χ0n) is 11.5. The number of hydrogen-bond donors (Lipinski definition) is 2. The van der Waals surface area contributed by atoms with Crippen molar-refractivity contribution in [1.82, 2.24) is 5.32 Å². The summed E-state index contributed by atoms with van der Waals surface area (Å²) in [5.74, 6) is 0.0213. The normalized spacial score (nSPS) is 21.1. The molecule has 0 radical (unpaired) electrons. The fourth-order valence-corrected chi connectivity index (χ4v) is 2.23. The average molecular weight is 272 g/mol. The van der Waals surface area contributed by atoms with Crippen molar-refractivity contribution in [3.05, 3.63) is 42.2 Å². The fourth-order valence-electron chi connectivity index (χ4n) is 2.23. The third kappa shape index (κ3) is 3.53. The van der Waals surface area contributed by atoms with E-state index in [2.05, 4.69) is 10.6 Å². The van der Waals surface area contributed by atoms with Crippen LogP contribution < -0.4 is 10.6 Å². The molecular formula is C16H20N2O2. The molecule has 3 rings (SSSR count). The maximum atomic E-state index is 12.0. The van der Waals surface area contributed by atoms with Crippen LogP contribution >= 0.6 is 0 Å². The van der Waals surface area contributed by atoms with Gasteiger partial charge in [-0.2, -0.15) is 0 Å². The molecule has 4 nitrogen and oxygen atoms in total. The molecule has 1 aromatic carbocycles. The first-order valence-electron chi connectivity index (χ1n) is 7.26. The Kier molecular flexibility index (Phi) is 3.90. The third-order valence-corrected chi connectivity index (χ3v) is 3.59. The van der Waals surface area contributed by atoms with Gasteiger partial charge in [0.15, 0.2) is 0 Å². The number of hydrogen-bond acceptors (Lipinski definition) is 3. The largest absolute Gasteiger partial charge is 0.497 e. The molecule has 1 saturated carbocycles. The summed E-state index contributed by atoms with van der Waals surface area (Å²) in [4.78, 5) is 12.0. The highest BCUT2D eigenvalue weighted by Crippen LogP contribution is 2.20. The van der Waals surface area contributed by atoms with Gasteiger partial charge in [-0.05, 0) is 50.0 Å². The Balaban J connectivity index is 1.55. The van der Waals surface area contributed by atoms with Crippen molar-refractivity contribution in [2.24, 2.45) is 0 Å². The van der Waals surface area contributed by atoms with Crippen molar-refractivity contribution >= 4 is 11.6 Å². The number of carbonyl (C=O) groups excluding carboxylic acids is 1. The molecule has 1 atom stereocenters. The molecule has 2 N–H and O–H groups in total. The summed E-state index contributed by atoms with van der Waals surface area (Å²) in [6.07, 6.45) is 8.34. The molecule has 0 saturated heterocycles. The Morgan fingerprint density at radius 2 is 2.20 bits per heavy atom. The van der Waals surface area contributed by atoms with Gasteiger partial charge in [-0.1, -0.05) is 6.07 Å². The molecule has 1 aliphatic carbocycles. The minimum Gasteiger partial charge on any atom is -0.497 e. The lowest BCUT2D eigenvalue weighted by Gasteiger charge is -2.20. The van der Waals surface area contributed by atoms with Gasteiger partial charge >= 0.3 is 0 Å². The lowest BCUT2D eigenvalue weighted by atomic mass is 10.1. The highest BCUT2D eigenvalue weighted by Gasteiger charge is 2.23. The van der Waals surface area contributed by atoms with Gasteiger partial charge < -0.3 is 15.4 Å². The van der Waals surface area contributed by atoms with Crippen molar-refractivity contribution in [3.8, 4) is 0 Å². The van der Waals surface area contributed by atoms with Crippen LogP contribution in [0.25, 0.3) is 0 Å². The molecule has 0 aromatic heterocycles. The van der Waals surface area contributed by atoms with E-state index in [0.717, 1.165) is 37.9 Å². The molecule has 1 aromatic rings. The van der Waals surface area contributed by atoms with Crippen LogP contribution in [0.3, 0.4) is 0 Å². The number of benzene rings is 1. The molecular weight excluding hydrogens is 252 g/mol. The van der Waals surface area contributed by atoms with Gasteiger partial charge in [-0.3, -0.25) is 4.79 Å².